The van der Waals surface area contributed by atoms with Crippen molar-refractivity contribution in [3.8, 4) is 0 Å². The molecule has 3 nitrogen and oxygen atoms in total. The third-order valence-electron chi connectivity index (χ3n) is 2.94. The van der Waals surface area contributed by atoms with Gasteiger partial charge < -0.3 is 10.4 Å². The number of nitrogens with one attached hydrogen (secondary N) is 1. The van der Waals surface area contributed by atoms with Crippen molar-refractivity contribution < 1.29 is 14.3 Å². The minimum atomic E-state index is -1.23. The van der Waals surface area contributed by atoms with Crippen LogP contribution in [0.3, 0.4) is 0 Å². The molecule has 1 atom stereocenters. The van der Waals surface area contributed by atoms with Gasteiger partial charge in [0.1, 0.15) is 11.4 Å². The highest BCUT2D eigenvalue weighted by atomic mass is 19.1. The van der Waals surface area contributed by atoms with E-state index in [1.807, 2.05) is 6.92 Å². The molecule has 0 spiro atoms. The summed E-state index contributed by atoms with van der Waals surface area (Å²) in [5.41, 5.74) is 0.0990. The molecule has 2 rings (SSSR count). The normalized spacial score (nSPS) is 16.9. The van der Waals surface area contributed by atoms with Gasteiger partial charge in [-0.25, -0.2) is 9.18 Å². The molecule has 1 aromatic carbocycles. The molecule has 1 aliphatic carbocycles. The average Bonchev–Trinajstić information content (AvgIpc) is 2.99. The van der Waals surface area contributed by atoms with E-state index in [0.717, 1.165) is 18.9 Å². The van der Waals surface area contributed by atoms with Crippen molar-refractivity contribution in [2.24, 2.45) is 5.92 Å². The van der Waals surface area contributed by atoms with Gasteiger partial charge in [0.2, 0.25) is 0 Å². The van der Waals surface area contributed by atoms with Gasteiger partial charge in [0.05, 0.1) is 5.69 Å². The predicted octanol–water partition coefficient (Wildman–Crippen LogP) is 2.73. The lowest BCUT2D eigenvalue weighted by Crippen LogP contribution is -2.19. The molecule has 0 heterocycles. The minimum Gasteiger partial charge on any atom is -0.478 e. The Kier molecular flexibility index (Phi) is 2.81. The summed E-state index contributed by atoms with van der Waals surface area (Å²) >= 11 is 0. The topological polar surface area (TPSA) is 49.3 Å². The molecule has 4 heteroatoms. The van der Waals surface area contributed by atoms with Crippen LogP contribution in [0.4, 0.5) is 10.1 Å². The largest absolute Gasteiger partial charge is 0.478 e. The van der Waals surface area contributed by atoms with Gasteiger partial charge in [-0.15, -0.1) is 0 Å². The summed E-state index contributed by atoms with van der Waals surface area (Å²) < 4.78 is 13.3. The molecule has 86 valence electrons. The van der Waals surface area contributed by atoms with Crippen LogP contribution in [0.1, 0.15) is 30.1 Å². The number of aromatic carboxylic acids is 1. The summed E-state index contributed by atoms with van der Waals surface area (Å²) in [5, 5.41) is 12.0. The smallest absolute Gasteiger partial charge is 0.340 e. The summed E-state index contributed by atoms with van der Waals surface area (Å²) in [6, 6.07) is 4.48. The SMILES string of the molecule is CC(Nc1cccc(F)c1C(=O)O)C1CC1. The van der Waals surface area contributed by atoms with E-state index in [2.05, 4.69) is 5.32 Å². The maximum atomic E-state index is 13.3. The van der Waals surface area contributed by atoms with Crippen molar-refractivity contribution in [3.05, 3.63) is 29.6 Å². The van der Waals surface area contributed by atoms with Gasteiger partial charge in [0, 0.05) is 6.04 Å². The molecule has 0 bridgehead atoms. The summed E-state index contributed by atoms with van der Waals surface area (Å²) in [5.74, 6) is -1.34. The Morgan fingerprint density at radius 1 is 1.56 bits per heavy atom. The highest BCUT2D eigenvalue weighted by Gasteiger charge is 2.29. The number of carbonyl (C=O) groups is 1. The first kappa shape index (κ1) is 10.9. The van der Waals surface area contributed by atoms with E-state index in [4.69, 9.17) is 5.11 Å². The highest BCUT2D eigenvalue weighted by Crippen LogP contribution is 2.34. The van der Waals surface area contributed by atoms with Gasteiger partial charge in [-0.1, -0.05) is 6.07 Å². The molecule has 2 N–H and O–H groups in total. The molecule has 0 radical (unpaired) electrons. The van der Waals surface area contributed by atoms with Crippen molar-refractivity contribution >= 4 is 11.7 Å². The van der Waals surface area contributed by atoms with E-state index >= 15 is 0 Å². The quantitative estimate of drug-likeness (QED) is 0.825. The van der Waals surface area contributed by atoms with Crippen LogP contribution in [0.25, 0.3) is 0 Å². The number of anilines is 1. The standard InChI is InChI=1S/C12H14FNO2/c1-7(8-5-6-8)14-10-4-2-3-9(13)11(10)12(15)16/h2-4,7-8,14H,5-6H2,1H3,(H,15,16). The van der Waals surface area contributed by atoms with E-state index < -0.39 is 11.8 Å². The van der Waals surface area contributed by atoms with Crippen LogP contribution in [-0.4, -0.2) is 17.1 Å². The zero-order valence-corrected chi connectivity index (χ0v) is 9.03. The Labute approximate surface area is 93.3 Å². The highest BCUT2D eigenvalue weighted by molar-refractivity contribution is 5.94. The molecule has 0 aromatic heterocycles. The average molecular weight is 223 g/mol. The van der Waals surface area contributed by atoms with Crippen LogP contribution in [0, 0.1) is 11.7 Å². The van der Waals surface area contributed by atoms with Crippen LogP contribution in [0.15, 0.2) is 18.2 Å². The predicted molar refractivity (Wildman–Crippen MR) is 59.2 cm³/mol. The third kappa shape index (κ3) is 2.15. The Morgan fingerprint density at radius 2 is 2.25 bits per heavy atom. The maximum absolute atomic E-state index is 13.3. The minimum absolute atomic E-state index is 0.194. The fourth-order valence-corrected chi connectivity index (χ4v) is 1.82. The molecule has 1 aliphatic rings. The lowest BCUT2D eigenvalue weighted by atomic mass is 10.1. The fourth-order valence-electron chi connectivity index (χ4n) is 1.82. The molecule has 1 saturated carbocycles. The number of rotatable bonds is 4. The number of hydrogen-bond acceptors (Lipinski definition) is 2. The van der Waals surface area contributed by atoms with Crippen LogP contribution < -0.4 is 5.32 Å². The van der Waals surface area contributed by atoms with E-state index in [0.29, 0.717) is 11.6 Å². The van der Waals surface area contributed by atoms with Crippen molar-refractivity contribution in [2.45, 2.75) is 25.8 Å². The maximum Gasteiger partial charge on any atom is 0.340 e. The van der Waals surface area contributed by atoms with Crippen LogP contribution in [-0.2, 0) is 0 Å². The molecule has 0 amide bonds. The Hall–Kier alpha value is -1.58. The second-order valence-corrected chi connectivity index (χ2v) is 4.24. The summed E-state index contributed by atoms with van der Waals surface area (Å²) in [4.78, 5) is 10.9. The van der Waals surface area contributed by atoms with Crippen molar-refractivity contribution in [2.75, 3.05) is 5.32 Å². The van der Waals surface area contributed by atoms with Crippen molar-refractivity contribution in [1.29, 1.82) is 0 Å². The van der Waals surface area contributed by atoms with Gasteiger partial charge in [-0.2, -0.15) is 0 Å². The van der Waals surface area contributed by atoms with E-state index in [9.17, 15) is 9.18 Å². The molecule has 1 unspecified atom stereocenters. The van der Waals surface area contributed by atoms with Crippen LogP contribution in [0.2, 0.25) is 0 Å². The fraction of sp³-hybridized carbons (Fsp3) is 0.417. The van der Waals surface area contributed by atoms with Gasteiger partial charge >= 0.3 is 5.97 Å². The van der Waals surface area contributed by atoms with Gasteiger partial charge in [-0.05, 0) is 37.8 Å². The number of halogens is 1. The van der Waals surface area contributed by atoms with Gasteiger partial charge in [0.25, 0.3) is 0 Å². The first-order valence-corrected chi connectivity index (χ1v) is 5.38. The number of benzene rings is 1. The van der Waals surface area contributed by atoms with E-state index in [-0.39, 0.29) is 11.6 Å². The third-order valence-corrected chi connectivity index (χ3v) is 2.94. The number of carboxylic acid groups (broad SMARTS) is 1. The number of hydrogen-bond donors (Lipinski definition) is 2. The molecular weight excluding hydrogens is 209 g/mol. The molecule has 1 aromatic rings. The molecule has 1 fully saturated rings. The molecular formula is C12H14FNO2. The number of carboxylic acids is 1. The van der Waals surface area contributed by atoms with Crippen molar-refractivity contribution in [1.82, 2.24) is 0 Å². The van der Waals surface area contributed by atoms with Gasteiger partial charge in [-0.3, -0.25) is 0 Å². The first-order valence-electron chi connectivity index (χ1n) is 5.38. The van der Waals surface area contributed by atoms with Gasteiger partial charge in [0.15, 0.2) is 0 Å². The second kappa shape index (κ2) is 4.12. The molecule has 0 aliphatic heterocycles. The second-order valence-electron chi connectivity index (χ2n) is 4.24. The van der Waals surface area contributed by atoms with E-state index in [1.165, 1.54) is 6.07 Å². The Morgan fingerprint density at radius 3 is 2.81 bits per heavy atom. The lowest BCUT2D eigenvalue weighted by Gasteiger charge is -2.16. The van der Waals surface area contributed by atoms with Crippen LogP contribution in [0.5, 0.6) is 0 Å². The molecule has 16 heavy (non-hydrogen) atoms. The Bertz CT molecular complexity index is 415. The molecule has 0 saturated heterocycles. The van der Waals surface area contributed by atoms with E-state index in [1.54, 1.807) is 6.07 Å². The lowest BCUT2D eigenvalue weighted by molar-refractivity contribution is 0.0693. The Balaban J connectivity index is 2.24. The zero-order chi connectivity index (χ0) is 11.7. The van der Waals surface area contributed by atoms with Crippen LogP contribution >= 0.6 is 0 Å². The zero-order valence-electron chi connectivity index (χ0n) is 9.03. The first-order chi connectivity index (χ1) is 7.59. The summed E-state index contributed by atoms with van der Waals surface area (Å²) in [7, 11) is 0. The monoisotopic (exact) mass is 223 g/mol. The summed E-state index contributed by atoms with van der Waals surface area (Å²) in [6.45, 7) is 1.99. The van der Waals surface area contributed by atoms with Crippen molar-refractivity contribution in [3.63, 3.8) is 0 Å². The summed E-state index contributed by atoms with van der Waals surface area (Å²) in [6.07, 6.45) is 2.32.